The molecule has 1 aliphatic heterocycles. The van der Waals surface area contributed by atoms with Gasteiger partial charge in [-0.25, -0.2) is 9.59 Å². The van der Waals surface area contributed by atoms with E-state index < -0.39 is 0 Å². The largest absolute Gasteiger partial charge is 0.462 e. The van der Waals surface area contributed by atoms with Crippen LogP contribution in [0.2, 0.25) is 0 Å². The number of hydrogen-bond acceptors (Lipinski definition) is 4. The second kappa shape index (κ2) is 7.49. The first kappa shape index (κ1) is 16.5. The minimum atomic E-state index is -0.354. The normalized spacial score (nSPS) is 16.9. The summed E-state index contributed by atoms with van der Waals surface area (Å²) in [5.41, 5.74) is 1.15. The number of urea groups is 1. The van der Waals surface area contributed by atoms with Crippen LogP contribution in [-0.4, -0.2) is 30.1 Å². The summed E-state index contributed by atoms with van der Waals surface area (Å²) in [5, 5.41) is 4.95. The van der Waals surface area contributed by atoms with E-state index in [0.717, 1.165) is 19.4 Å². The standard InChI is InChI=1S/C18H20N2O3S/c1-2-23-17(21)13-7-9-14(10-8-13)19-18(22)20-11-3-5-15(20)16-6-4-12-24-16/h4,6-10,12,15H,2-3,5,11H2,1H3,(H,19,22)/t15-/m1/s1. The highest BCUT2D eigenvalue weighted by Gasteiger charge is 2.30. The number of carbonyl (C=O) groups excluding carboxylic acids is 2. The number of nitrogens with zero attached hydrogens (tertiary/aromatic N) is 1. The Kier molecular flexibility index (Phi) is 5.15. The minimum absolute atomic E-state index is 0.102. The SMILES string of the molecule is CCOC(=O)c1ccc(NC(=O)N2CCC[C@@H]2c2cccs2)cc1. The molecule has 2 amide bonds. The van der Waals surface area contributed by atoms with Crippen molar-refractivity contribution in [2.75, 3.05) is 18.5 Å². The van der Waals surface area contributed by atoms with Gasteiger partial charge in [-0.05, 0) is 55.5 Å². The van der Waals surface area contributed by atoms with Crippen molar-refractivity contribution in [1.29, 1.82) is 0 Å². The molecule has 0 unspecified atom stereocenters. The molecular weight excluding hydrogens is 324 g/mol. The maximum atomic E-state index is 12.6. The third-order valence-electron chi connectivity index (χ3n) is 4.03. The molecule has 3 rings (SSSR count). The lowest BCUT2D eigenvalue weighted by Gasteiger charge is -2.24. The second-order valence-electron chi connectivity index (χ2n) is 5.59. The quantitative estimate of drug-likeness (QED) is 0.842. The topological polar surface area (TPSA) is 58.6 Å². The van der Waals surface area contributed by atoms with Gasteiger partial charge in [0.1, 0.15) is 0 Å². The van der Waals surface area contributed by atoms with E-state index in [0.29, 0.717) is 17.9 Å². The Bertz CT molecular complexity index is 698. The molecule has 126 valence electrons. The van der Waals surface area contributed by atoms with Gasteiger partial charge < -0.3 is 15.0 Å². The van der Waals surface area contributed by atoms with Crippen LogP contribution in [0.4, 0.5) is 10.5 Å². The van der Waals surface area contributed by atoms with E-state index in [4.69, 9.17) is 4.74 Å². The van der Waals surface area contributed by atoms with Gasteiger partial charge in [-0.1, -0.05) is 6.07 Å². The average molecular weight is 344 g/mol. The monoisotopic (exact) mass is 344 g/mol. The minimum Gasteiger partial charge on any atom is -0.462 e. The van der Waals surface area contributed by atoms with Gasteiger partial charge in [-0.2, -0.15) is 0 Å². The number of rotatable bonds is 4. The van der Waals surface area contributed by atoms with Crippen molar-refractivity contribution in [2.45, 2.75) is 25.8 Å². The Morgan fingerprint density at radius 2 is 2.08 bits per heavy atom. The second-order valence-corrected chi connectivity index (χ2v) is 6.57. The number of esters is 1. The maximum Gasteiger partial charge on any atom is 0.338 e. The van der Waals surface area contributed by atoms with E-state index in [-0.39, 0.29) is 18.0 Å². The summed E-state index contributed by atoms with van der Waals surface area (Å²) >= 11 is 1.68. The Balaban J connectivity index is 1.65. The van der Waals surface area contributed by atoms with E-state index in [1.54, 1.807) is 42.5 Å². The molecule has 1 saturated heterocycles. The summed E-state index contributed by atoms with van der Waals surface area (Å²) in [6.07, 6.45) is 2.01. The summed E-state index contributed by atoms with van der Waals surface area (Å²) in [7, 11) is 0. The zero-order valence-electron chi connectivity index (χ0n) is 13.5. The van der Waals surface area contributed by atoms with Crippen LogP contribution in [0.15, 0.2) is 41.8 Å². The number of anilines is 1. The summed E-state index contributed by atoms with van der Waals surface area (Å²) in [6, 6.07) is 10.9. The number of thiophene rings is 1. The molecule has 0 aliphatic carbocycles. The van der Waals surface area contributed by atoms with Crippen molar-refractivity contribution in [3.8, 4) is 0 Å². The molecule has 2 aromatic rings. The average Bonchev–Trinajstić information content (AvgIpc) is 3.26. The number of nitrogens with one attached hydrogen (secondary N) is 1. The Morgan fingerprint density at radius 1 is 1.29 bits per heavy atom. The fourth-order valence-corrected chi connectivity index (χ4v) is 3.76. The van der Waals surface area contributed by atoms with Gasteiger partial charge in [0.05, 0.1) is 18.2 Å². The van der Waals surface area contributed by atoms with Crippen LogP contribution >= 0.6 is 11.3 Å². The summed E-state index contributed by atoms with van der Waals surface area (Å²) in [5.74, 6) is -0.354. The zero-order chi connectivity index (χ0) is 16.9. The lowest BCUT2D eigenvalue weighted by Crippen LogP contribution is -2.34. The number of amides is 2. The van der Waals surface area contributed by atoms with Crippen LogP contribution in [0.5, 0.6) is 0 Å². The maximum absolute atomic E-state index is 12.6. The van der Waals surface area contributed by atoms with E-state index in [1.807, 2.05) is 16.3 Å². The first-order chi connectivity index (χ1) is 11.7. The van der Waals surface area contributed by atoms with Gasteiger partial charge in [0.15, 0.2) is 0 Å². The molecule has 1 fully saturated rings. The lowest BCUT2D eigenvalue weighted by molar-refractivity contribution is 0.0526. The number of benzene rings is 1. The number of carbonyl (C=O) groups is 2. The summed E-state index contributed by atoms with van der Waals surface area (Å²) < 4.78 is 4.95. The lowest BCUT2D eigenvalue weighted by atomic mass is 10.2. The van der Waals surface area contributed by atoms with Gasteiger partial charge >= 0.3 is 12.0 Å². The molecule has 24 heavy (non-hydrogen) atoms. The van der Waals surface area contributed by atoms with Crippen LogP contribution in [0.1, 0.15) is 41.0 Å². The fourth-order valence-electron chi connectivity index (χ4n) is 2.89. The third-order valence-corrected chi connectivity index (χ3v) is 5.01. The van der Waals surface area contributed by atoms with Crippen molar-refractivity contribution in [3.63, 3.8) is 0 Å². The van der Waals surface area contributed by atoms with Crippen molar-refractivity contribution >= 4 is 29.0 Å². The number of likely N-dealkylation sites (tertiary alicyclic amines) is 1. The van der Waals surface area contributed by atoms with Crippen LogP contribution < -0.4 is 5.32 Å². The van der Waals surface area contributed by atoms with Gasteiger partial charge in [0.25, 0.3) is 0 Å². The number of hydrogen-bond donors (Lipinski definition) is 1. The zero-order valence-corrected chi connectivity index (χ0v) is 14.3. The molecule has 1 aromatic heterocycles. The smallest absolute Gasteiger partial charge is 0.338 e. The van der Waals surface area contributed by atoms with Crippen molar-refractivity contribution in [1.82, 2.24) is 4.90 Å². The van der Waals surface area contributed by atoms with Gasteiger partial charge in [-0.3, -0.25) is 0 Å². The molecular formula is C18H20N2O3S. The van der Waals surface area contributed by atoms with E-state index in [2.05, 4.69) is 11.4 Å². The first-order valence-electron chi connectivity index (χ1n) is 8.07. The van der Waals surface area contributed by atoms with Crippen LogP contribution in [0, 0.1) is 0 Å². The molecule has 1 aromatic carbocycles. The van der Waals surface area contributed by atoms with E-state index in [9.17, 15) is 9.59 Å². The third kappa shape index (κ3) is 3.59. The van der Waals surface area contributed by atoms with E-state index in [1.165, 1.54) is 4.88 Å². The first-order valence-corrected chi connectivity index (χ1v) is 8.95. The molecule has 0 bridgehead atoms. The fraction of sp³-hybridized carbons (Fsp3) is 0.333. The molecule has 6 heteroatoms. The number of ether oxygens (including phenoxy) is 1. The van der Waals surface area contributed by atoms with Crippen molar-refractivity contribution in [3.05, 3.63) is 52.2 Å². The van der Waals surface area contributed by atoms with Gasteiger partial charge in [-0.15, -0.1) is 11.3 Å². The highest BCUT2D eigenvalue weighted by Crippen LogP contribution is 2.34. The van der Waals surface area contributed by atoms with Crippen molar-refractivity contribution in [2.24, 2.45) is 0 Å². The molecule has 0 spiro atoms. The molecule has 1 atom stereocenters. The molecule has 1 aliphatic rings. The Morgan fingerprint density at radius 3 is 2.75 bits per heavy atom. The molecule has 0 radical (unpaired) electrons. The summed E-state index contributed by atoms with van der Waals surface area (Å²) in [4.78, 5) is 27.3. The highest BCUT2D eigenvalue weighted by atomic mass is 32.1. The summed E-state index contributed by atoms with van der Waals surface area (Å²) in [6.45, 7) is 2.87. The van der Waals surface area contributed by atoms with Crippen molar-refractivity contribution < 1.29 is 14.3 Å². The van der Waals surface area contributed by atoms with Gasteiger partial charge in [0.2, 0.25) is 0 Å². The Labute approximate surface area is 145 Å². The highest BCUT2D eigenvalue weighted by molar-refractivity contribution is 7.10. The van der Waals surface area contributed by atoms with Gasteiger partial charge in [0, 0.05) is 17.1 Å². The molecule has 2 heterocycles. The van der Waals surface area contributed by atoms with Crippen LogP contribution in [-0.2, 0) is 4.74 Å². The Hall–Kier alpha value is -2.34. The van der Waals surface area contributed by atoms with E-state index >= 15 is 0 Å². The van der Waals surface area contributed by atoms with Crippen LogP contribution in [0.3, 0.4) is 0 Å². The van der Waals surface area contributed by atoms with Crippen LogP contribution in [0.25, 0.3) is 0 Å². The predicted molar refractivity (Wildman–Crippen MR) is 94.4 cm³/mol. The molecule has 0 saturated carbocycles. The predicted octanol–water partition coefficient (Wildman–Crippen LogP) is 4.29. The molecule has 5 nitrogen and oxygen atoms in total. The molecule has 1 N–H and O–H groups in total.